The Labute approximate surface area is 121 Å². The highest BCUT2D eigenvalue weighted by molar-refractivity contribution is 7.09. The van der Waals surface area contributed by atoms with Gasteiger partial charge in [0.05, 0.1) is 5.56 Å². The molecule has 1 aromatic heterocycles. The number of hydrogen-bond acceptors (Lipinski definition) is 5. The molecule has 0 aliphatic carbocycles. The summed E-state index contributed by atoms with van der Waals surface area (Å²) in [5.74, 6) is 0.502. The minimum absolute atomic E-state index is 0.295. The van der Waals surface area contributed by atoms with Crippen LogP contribution in [0.15, 0.2) is 24.3 Å². The summed E-state index contributed by atoms with van der Waals surface area (Å²) >= 11 is 1.35. The highest BCUT2D eigenvalue weighted by Gasteiger charge is 2.06. The molecular formula is C14H17N3O2S. The van der Waals surface area contributed by atoms with Gasteiger partial charge in [0.15, 0.2) is 0 Å². The predicted molar refractivity (Wildman–Crippen MR) is 79.2 cm³/mol. The van der Waals surface area contributed by atoms with Crippen molar-refractivity contribution in [2.24, 2.45) is 5.92 Å². The second-order valence-electron chi connectivity index (χ2n) is 4.97. The quantitative estimate of drug-likeness (QED) is 0.855. The Bertz CT molecular complexity index is 578. The molecule has 20 heavy (non-hydrogen) atoms. The van der Waals surface area contributed by atoms with Crippen molar-refractivity contribution in [1.29, 1.82) is 0 Å². The summed E-state index contributed by atoms with van der Waals surface area (Å²) in [6, 6.07) is 6.80. The first kappa shape index (κ1) is 14.5. The SMILES string of the molecule is CC(C)Cc1nsc(NCc2ccc(C(=O)O)cc2)n1. The van der Waals surface area contributed by atoms with Gasteiger partial charge < -0.3 is 10.4 Å². The maximum atomic E-state index is 10.8. The maximum Gasteiger partial charge on any atom is 0.335 e. The van der Waals surface area contributed by atoms with E-state index < -0.39 is 5.97 Å². The van der Waals surface area contributed by atoms with Crippen molar-refractivity contribution in [3.8, 4) is 0 Å². The number of carbonyl (C=O) groups is 1. The molecule has 0 atom stereocenters. The summed E-state index contributed by atoms with van der Waals surface area (Å²) in [6.07, 6.45) is 0.880. The molecular weight excluding hydrogens is 274 g/mol. The molecule has 0 aliphatic heterocycles. The van der Waals surface area contributed by atoms with Crippen molar-refractivity contribution in [1.82, 2.24) is 9.36 Å². The molecule has 0 fully saturated rings. The highest BCUT2D eigenvalue weighted by Crippen LogP contribution is 2.15. The second-order valence-corrected chi connectivity index (χ2v) is 5.72. The number of rotatable bonds is 6. The molecule has 0 amide bonds. The van der Waals surface area contributed by atoms with E-state index in [2.05, 4.69) is 28.5 Å². The van der Waals surface area contributed by atoms with E-state index in [4.69, 9.17) is 5.11 Å². The molecule has 0 bridgehead atoms. The summed E-state index contributed by atoms with van der Waals surface area (Å²) in [4.78, 5) is 15.2. The largest absolute Gasteiger partial charge is 0.478 e. The highest BCUT2D eigenvalue weighted by atomic mass is 32.1. The molecule has 1 aromatic carbocycles. The number of benzene rings is 1. The molecule has 106 valence electrons. The van der Waals surface area contributed by atoms with Gasteiger partial charge in [0.2, 0.25) is 5.13 Å². The summed E-state index contributed by atoms with van der Waals surface area (Å²) < 4.78 is 4.30. The fourth-order valence-electron chi connectivity index (χ4n) is 1.72. The van der Waals surface area contributed by atoms with E-state index in [1.165, 1.54) is 11.5 Å². The van der Waals surface area contributed by atoms with E-state index >= 15 is 0 Å². The third-order valence-electron chi connectivity index (χ3n) is 2.70. The molecule has 0 aliphatic rings. The van der Waals surface area contributed by atoms with Crippen LogP contribution >= 0.6 is 11.5 Å². The monoisotopic (exact) mass is 291 g/mol. The zero-order valence-electron chi connectivity index (χ0n) is 11.5. The van der Waals surface area contributed by atoms with Gasteiger partial charge in [-0.25, -0.2) is 9.78 Å². The van der Waals surface area contributed by atoms with Crippen LogP contribution in [0.4, 0.5) is 5.13 Å². The molecule has 0 saturated carbocycles. The van der Waals surface area contributed by atoms with E-state index in [0.717, 1.165) is 22.9 Å². The standard InChI is InChI=1S/C14H17N3O2S/c1-9(2)7-12-16-14(20-17-12)15-8-10-3-5-11(6-4-10)13(18)19/h3-6,9H,7-8H2,1-2H3,(H,18,19)(H,15,16,17). The zero-order chi connectivity index (χ0) is 14.5. The Kier molecular flexibility index (Phi) is 4.68. The number of carboxylic acid groups (broad SMARTS) is 1. The number of carboxylic acids is 1. The summed E-state index contributed by atoms with van der Waals surface area (Å²) in [7, 11) is 0. The lowest BCUT2D eigenvalue weighted by atomic mass is 10.1. The van der Waals surface area contributed by atoms with Crippen molar-refractivity contribution in [2.45, 2.75) is 26.8 Å². The van der Waals surface area contributed by atoms with Gasteiger partial charge in [-0.15, -0.1) is 0 Å². The topological polar surface area (TPSA) is 75.1 Å². The average molecular weight is 291 g/mol. The molecule has 6 heteroatoms. The number of anilines is 1. The zero-order valence-corrected chi connectivity index (χ0v) is 12.3. The van der Waals surface area contributed by atoms with E-state index in [9.17, 15) is 4.79 Å². The first-order valence-electron chi connectivity index (χ1n) is 6.43. The number of aromatic carboxylic acids is 1. The fraction of sp³-hybridized carbons (Fsp3) is 0.357. The van der Waals surface area contributed by atoms with Crippen molar-refractivity contribution in [2.75, 3.05) is 5.32 Å². The van der Waals surface area contributed by atoms with Crippen molar-refractivity contribution < 1.29 is 9.90 Å². The Morgan fingerprint density at radius 1 is 1.35 bits per heavy atom. The number of hydrogen-bond donors (Lipinski definition) is 2. The lowest BCUT2D eigenvalue weighted by molar-refractivity contribution is 0.0697. The lowest BCUT2D eigenvalue weighted by Crippen LogP contribution is -2.01. The van der Waals surface area contributed by atoms with Crippen LogP contribution in [0.1, 0.15) is 35.6 Å². The van der Waals surface area contributed by atoms with Crippen LogP contribution in [0, 0.1) is 5.92 Å². The maximum absolute atomic E-state index is 10.8. The number of aromatic nitrogens is 2. The Morgan fingerprint density at radius 3 is 2.65 bits per heavy atom. The fourth-order valence-corrected chi connectivity index (χ4v) is 2.31. The Morgan fingerprint density at radius 2 is 2.05 bits per heavy atom. The molecule has 2 rings (SSSR count). The van der Waals surface area contributed by atoms with E-state index in [1.807, 2.05) is 0 Å². The number of nitrogens with zero attached hydrogens (tertiary/aromatic N) is 2. The number of nitrogens with one attached hydrogen (secondary N) is 1. The van der Waals surface area contributed by atoms with Crippen LogP contribution in [-0.2, 0) is 13.0 Å². The van der Waals surface area contributed by atoms with Gasteiger partial charge in [-0.05, 0) is 23.6 Å². The van der Waals surface area contributed by atoms with Gasteiger partial charge in [0.1, 0.15) is 5.82 Å². The van der Waals surface area contributed by atoms with E-state index in [-0.39, 0.29) is 0 Å². The van der Waals surface area contributed by atoms with Crippen LogP contribution in [-0.4, -0.2) is 20.4 Å². The summed E-state index contributed by atoms with van der Waals surface area (Å²) in [5, 5.41) is 12.8. The molecule has 5 nitrogen and oxygen atoms in total. The molecule has 2 N–H and O–H groups in total. The van der Waals surface area contributed by atoms with Crippen molar-refractivity contribution in [3.63, 3.8) is 0 Å². The normalized spacial score (nSPS) is 10.8. The lowest BCUT2D eigenvalue weighted by Gasteiger charge is -2.03. The molecule has 1 heterocycles. The third-order valence-corrected chi connectivity index (χ3v) is 3.41. The Hall–Kier alpha value is -1.95. The van der Waals surface area contributed by atoms with Crippen LogP contribution in [0.25, 0.3) is 0 Å². The van der Waals surface area contributed by atoms with Gasteiger partial charge >= 0.3 is 5.97 Å². The predicted octanol–water partition coefficient (Wildman–Crippen LogP) is 3.05. The summed E-state index contributed by atoms with van der Waals surface area (Å²) in [5.41, 5.74) is 1.31. The molecule has 2 aromatic rings. The van der Waals surface area contributed by atoms with Gasteiger partial charge in [-0.3, -0.25) is 0 Å². The molecule has 0 unspecified atom stereocenters. The average Bonchev–Trinajstić information content (AvgIpc) is 2.83. The van der Waals surface area contributed by atoms with Crippen LogP contribution in [0.3, 0.4) is 0 Å². The van der Waals surface area contributed by atoms with E-state index in [0.29, 0.717) is 18.0 Å². The first-order chi connectivity index (χ1) is 9.54. The van der Waals surface area contributed by atoms with Crippen LogP contribution in [0.2, 0.25) is 0 Å². The van der Waals surface area contributed by atoms with Crippen molar-refractivity contribution in [3.05, 3.63) is 41.2 Å². The first-order valence-corrected chi connectivity index (χ1v) is 7.20. The van der Waals surface area contributed by atoms with E-state index in [1.54, 1.807) is 24.3 Å². The van der Waals surface area contributed by atoms with Crippen LogP contribution in [0.5, 0.6) is 0 Å². The second kappa shape index (κ2) is 6.47. The van der Waals surface area contributed by atoms with Gasteiger partial charge in [0.25, 0.3) is 0 Å². The van der Waals surface area contributed by atoms with Crippen molar-refractivity contribution >= 4 is 22.6 Å². The molecule has 0 saturated heterocycles. The minimum Gasteiger partial charge on any atom is -0.478 e. The van der Waals surface area contributed by atoms with Gasteiger partial charge in [-0.1, -0.05) is 26.0 Å². The molecule has 0 spiro atoms. The summed E-state index contributed by atoms with van der Waals surface area (Å²) in [6.45, 7) is 4.88. The van der Waals surface area contributed by atoms with Crippen LogP contribution < -0.4 is 5.32 Å². The van der Waals surface area contributed by atoms with Gasteiger partial charge in [0, 0.05) is 24.5 Å². The van der Waals surface area contributed by atoms with Gasteiger partial charge in [-0.2, -0.15) is 4.37 Å². The minimum atomic E-state index is -0.910. The smallest absolute Gasteiger partial charge is 0.335 e. The Balaban J connectivity index is 1.91. The molecule has 0 radical (unpaired) electrons. The third kappa shape index (κ3) is 4.03.